The van der Waals surface area contributed by atoms with Crippen LogP contribution in [0.5, 0.6) is 0 Å². The van der Waals surface area contributed by atoms with E-state index in [0.29, 0.717) is 11.5 Å². The molecule has 0 unspecified atom stereocenters. The Balaban J connectivity index is 2.74. The Hall–Kier alpha value is 0.160. The zero-order valence-corrected chi connectivity index (χ0v) is 7.58. The van der Waals surface area contributed by atoms with Crippen LogP contribution in [0.4, 0.5) is 17.6 Å². The van der Waals surface area contributed by atoms with Crippen LogP contribution in [0, 0.1) is 0 Å². The van der Waals surface area contributed by atoms with Crippen molar-refractivity contribution in [2.45, 2.75) is 12.6 Å². The van der Waals surface area contributed by atoms with Crippen LogP contribution in [0.3, 0.4) is 0 Å². The molecule has 0 radical (unpaired) electrons. The Morgan fingerprint density at radius 1 is 1.17 bits per heavy atom. The van der Waals surface area contributed by atoms with Crippen molar-refractivity contribution < 1.29 is 17.6 Å². The predicted octanol–water partition coefficient (Wildman–Crippen LogP) is 3.56. The van der Waals surface area contributed by atoms with Gasteiger partial charge in [0.25, 0.3) is 0 Å². The van der Waals surface area contributed by atoms with Crippen molar-refractivity contribution >= 4 is 23.5 Å². The molecule has 0 N–H and O–H groups in total. The van der Waals surface area contributed by atoms with Crippen molar-refractivity contribution in [3.63, 3.8) is 0 Å². The van der Waals surface area contributed by atoms with Crippen molar-refractivity contribution in [2.24, 2.45) is 0 Å². The summed E-state index contributed by atoms with van der Waals surface area (Å²) in [5, 5.41) is 0. The molecule has 12 heavy (non-hydrogen) atoms. The molecule has 70 valence electrons. The molecular weight excluding hydrogens is 212 g/mol. The molecular formula is C6H6F4S2. The molecule has 0 spiro atoms. The fourth-order valence-corrected chi connectivity index (χ4v) is 3.12. The number of rotatable bonds is 0. The van der Waals surface area contributed by atoms with E-state index in [2.05, 4.69) is 0 Å². The van der Waals surface area contributed by atoms with Crippen molar-refractivity contribution in [1.29, 1.82) is 0 Å². The molecule has 0 bridgehead atoms. The minimum atomic E-state index is -4.81. The van der Waals surface area contributed by atoms with Crippen LogP contribution in [0.2, 0.25) is 0 Å². The van der Waals surface area contributed by atoms with Gasteiger partial charge in [0, 0.05) is 0 Å². The van der Waals surface area contributed by atoms with Crippen LogP contribution in [0.1, 0.15) is 6.42 Å². The molecule has 0 nitrogen and oxygen atoms in total. The SMILES string of the molecule is FC(=C1SCCCS1)C(F)(F)F. The minimum Gasteiger partial charge on any atom is -0.200 e. The molecule has 0 amide bonds. The second kappa shape index (κ2) is 3.91. The Morgan fingerprint density at radius 2 is 1.67 bits per heavy atom. The van der Waals surface area contributed by atoms with E-state index in [1.165, 1.54) is 0 Å². The highest BCUT2D eigenvalue weighted by molar-refractivity contribution is 8.22. The number of alkyl halides is 3. The summed E-state index contributed by atoms with van der Waals surface area (Å²) in [7, 11) is 0. The molecule has 1 saturated heterocycles. The topological polar surface area (TPSA) is 0 Å². The van der Waals surface area contributed by atoms with Gasteiger partial charge < -0.3 is 0 Å². The molecule has 1 aliphatic rings. The molecule has 0 saturated carbocycles. The average Bonchev–Trinajstić information content (AvgIpc) is 2.03. The van der Waals surface area contributed by atoms with Gasteiger partial charge >= 0.3 is 6.18 Å². The maximum atomic E-state index is 12.5. The number of hydrogen-bond donors (Lipinski definition) is 0. The maximum Gasteiger partial charge on any atom is 0.444 e. The lowest BCUT2D eigenvalue weighted by atomic mass is 10.6. The molecule has 0 aromatic rings. The van der Waals surface area contributed by atoms with Gasteiger partial charge in [-0.25, -0.2) is 0 Å². The van der Waals surface area contributed by atoms with Gasteiger partial charge in [0.05, 0.1) is 4.24 Å². The van der Waals surface area contributed by atoms with E-state index in [-0.39, 0.29) is 4.24 Å². The average molecular weight is 218 g/mol. The summed E-state index contributed by atoms with van der Waals surface area (Å²) in [4.78, 5) is 0. The largest absolute Gasteiger partial charge is 0.444 e. The number of halogens is 4. The van der Waals surface area contributed by atoms with Gasteiger partial charge in [0.15, 0.2) is 0 Å². The van der Waals surface area contributed by atoms with Crippen LogP contribution < -0.4 is 0 Å². The van der Waals surface area contributed by atoms with Gasteiger partial charge in [-0.15, -0.1) is 23.5 Å². The lowest BCUT2D eigenvalue weighted by Crippen LogP contribution is -2.10. The summed E-state index contributed by atoms with van der Waals surface area (Å²) in [6.07, 6.45) is -3.98. The first-order chi connectivity index (χ1) is 5.52. The second-order valence-corrected chi connectivity index (χ2v) is 4.62. The van der Waals surface area contributed by atoms with Crippen molar-refractivity contribution in [3.8, 4) is 0 Å². The zero-order chi connectivity index (χ0) is 9.19. The third-order valence-electron chi connectivity index (χ3n) is 1.18. The second-order valence-electron chi connectivity index (χ2n) is 2.15. The van der Waals surface area contributed by atoms with Crippen molar-refractivity contribution in [2.75, 3.05) is 11.5 Å². The van der Waals surface area contributed by atoms with Crippen LogP contribution in [-0.4, -0.2) is 17.7 Å². The maximum absolute atomic E-state index is 12.5. The highest BCUT2D eigenvalue weighted by Crippen LogP contribution is 2.42. The third kappa shape index (κ3) is 2.58. The fraction of sp³-hybridized carbons (Fsp3) is 0.667. The first-order valence-corrected chi connectivity index (χ1v) is 5.21. The highest BCUT2D eigenvalue weighted by atomic mass is 32.2. The van der Waals surface area contributed by atoms with Gasteiger partial charge in [-0.05, 0) is 17.9 Å². The third-order valence-corrected chi connectivity index (χ3v) is 3.76. The molecule has 0 aliphatic carbocycles. The standard InChI is InChI=1S/C6H6F4S2/c7-4(6(8,9)10)5-11-2-1-3-12-5/h1-3H2. The summed E-state index contributed by atoms with van der Waals surface area (Å²) in [5.41, 5.74) is 0. The molecule has 1 aliphatic heterocycles. The number of hydrogen-bond acceptors (Lipinski definition) is 2. The molecule has 1 fully saturated rings. The van der Waals surface area contributed by atoms with Crippen molar-refractivity contribution in [1.82, 2.24) is 0 Å². The molecule has 0 aromatic carbocycles. The summed E-state index contributed by atoms with van der Waals surface area (Å²) in [6, 6.07) is 0. The Morgan fingerprint density at radius 3 is 2.08 bits per heavy atom. The zero-order valence-electron chi connectivity index (χ0n) is 5.95. The first-order valence-electron chi connectivity index (χ1n) is 3.24. The monoisotopic (exact) mass is 218 g/mol. The molecule has 1 heterocycles. The molecule has 0 atom stereocenters. The Labute approximate surface area is 75.8 Å². The Kier molecular flexibility index (Phi) is 3.34. The van der Waals surface area contributed by atoms with Crippen LogP contribution in [-0.2, 0) is 0 Å². The van der Waals surface area contributed by atoms with E-state index in [0.717, 1.165) is 29.9 Å². The van der Waals surface area contributed by atoms with Gasteiger partial charge in [-0.2, -0.15) is 17.6 Å². The molecule has 1 rings (SSSR count). The summed E-state index contributed by atoms with van der Waals surface area (Å²) in [5.74, 6) is -0.783. The van der Waals surface area contributed by atoms with E-state index in [1.807, 2.05) is 0 Å². The highest BCUT2D eigenvalue weighted by Gasteiger charge is 2.38. The number of allylic oxidation sites excluding steroid dienone is 1. The van der Waals surface area contributed by atoms with Crippen LogP contribution in [0.25, 0.3) is 0 Å². The van der Waals surface area contributed by atoms with Crippen LogP contribution >= 0.6 is 23.5 Å². The van der Waals surface area contributed by atoms with Gasteiger partial charge in [-0.1, -0.05) is 0 Å². The predicted molar refractivity (Wildman–Crippen MR) is 43.7 cm³/mol. The van der Waals surface area contributed by atoms with E-state index in [4.69, 9.17) is 0 Å². The lowest BCUT2D eigenvalue weighted by Gasteiger charge is -2.14. The fourth-order valence-electron chi connectivity index (χ4n) is 0.673. The minimum absolute atomic E-state index is 0.214. The summed E-state index contributed by atoms with van der Waals surface area (Å²) < 4.78 is 47.6. The number of thioether (sulfide) groups is 2. The van der Waals surface area contributed by atoms with E-state index in [1.54, 1.807) is 0 Å². The van der Waals surface area contributed by atoms with E-state index in [9.17, 15) is 17.6 Å². The normalized spacial score (nSPS) is 19.5. The molecule has 0 aromatic heterocycles. The summed E-state index contributed by atoms with van der Waals surface area (Å²) in [6.45, 7) is 0. The molecule has 6 heteroatoms. The lowest BCUT2D eigenvalue weighted by molar-refractivity contribution is -0.108. The van der Waals surface area contributed by atoms with E-state index < -0.39 is 12.0 Å². The quantitative estimate of drug-likeness (QED) is 0.570. The van der Waals surface area contributed by atoms with Crippen molar-refractivity contribution in [3.05, 3.63) is 10.1 Å². The summed E-state index contributed by atoms with van der Waals surface area (Å²) >= 11 is 1.89. The van der Waals surface area contributed by atoms with Gasteiger partial charge in [0.1, 0.15) is 0 Å². The van der Waals surface area contributed by atoms with Gasteiger partial charge in [0.2, 0.25) is 5.83 Å². The smallest absolute Gasteiger partial charge is 0.200 e. The van der Waals surface area contributed by atoms with Crippen LogP contribution in [0.15, 0.2) is 10.1 Å². The van der Waals surface area contributed by atoms with E-state index >= 15 is 0 Å². The van der Waals surface area contributed by atoms with Gasteiger partial charge in [-0.3, -0.25) is 0 Å². The first kappa shape index (κ1) is 10.2. The Bertz CT molecular complexity index is 188.